The third-order valence-electron chi connectivity index (χ3n) is 0. The molecule has 0 aromatic carbocycles. The minimum Gasteiger partial charge on any atom is -0.153 e. The van der Waals surface area contributed by atoms with Crippen LogP contribution in [0, 0.1) is 0 Å². The molecule has 0 aliphatic rings. The molecule has 0 rings (SSSR count). The molecular formula is H3F2OP. The van der Waals surface area contributed by atoms with Crippen molar-refractivity contribution in [1.29, 1.82) is 0 Å². The third kappa shape index (κ3) is 56.3. The Balaban J connectivity index is 0. The van der Waals surface area contributed by atoms with Crippen molar-refractivity contribution in [3.63, 3.8) is 0 Å². The van der Waals surface area contributed by atoms with Crippen LogP contribution in [0.25, 0.3) is 0 Å². The molecule has 0 amide bonds. The minimum absolute atomic E-state index is 0. The molecule has 1 atom stereocenters. The summed E-state index contributed by atoms with van der Waals surface area (Å²) >= 11 is 0. The second-order valence-corrected chi connectivity index (χ2v) is 0.0583. The van der Waals surface area contributed by atoms with Gasteiger partial charge in [-0.25, -0.2) is 0 Å². The van der Waals surface area contributed by atoms with Gasteiger partial charge in [-0.1, -0.05) is 0 Å². The quantitative estimate of drug-likeness (QED) is 0.398. The van der Waals surface area contributed by atoms with Gasteiger partial charge in [-0.15, -0.1) is 0 Å². The molecule has 28 valence electrons. The second kappa shape index (κ2) is 10.5. The Labute approximate surface area is 25.4 Å². The van der Waals surface area contributed by atoms with Gasteiger partial charge in [-0.05, 0) is 9.05 Å². The standard InChI is InChI=1S/F2O.H3P/c1-3-2;/h;1H3. The summed E-state index contributed by atoms with van der Waals surface area (Å²) in [6.45, 7) is 0. The molecule has 0 spiro atoms. The van der Waals surface area contributed by atoms with Crippen LogP contribution in [-0.4, -0.2) is 0 Å². The predicted octanol–water partition coefficient (Wildman–Crippen LogP) is 0.830. The van der Waals surface area contributed by atoms with Crippen molar-refractivity contribution in [1.82, 2.24) is 0 Å². The fourth-order valence-corrected chi connectivity index (χ4v) is 0. The molecule has 0 aliphatic heterocycles. The van der Waals surface area contributed by atoms with Gasteiger partial charge in [0.05, 0.1) is 0 Å². The van der Waals surface area contributed by atoms with Gasteiger partial charge >= 0.3 is 0 Å². The van der Waals surface area contributed by atoms with Crippen LogP contribution in [0.15, 0.2) is 0 Å². The zero-order chi connectivity index (χ0) is 2.71. The van der Waals surface area contributed by atoms with Crippen LogP contribution in [0.4, 0.5) is 9.05 Å². The first kappa shape index (κ1) is 8.87. The Morgan fingerprint density at radius 1 is 1.25 bits per heavy atom. The predicted molar refractivity (Wildman–Crippen MR) is 14.4 cm³/mol. The molecule has 4 heavy (non-hydrogen) atoms. The molecule has 0 aromatic rings. The van der Waals surface area contributed by atoms with E-state index in [-0.39, 0.29) is 9.90 Å². The van der Waals surface area contributed by atoms with Gasteiger partial charge in [0, 0.05) is 5.15 Å². The van der Waals surface area contributed by atoms with Crippen LogP contribution in [0.3, 0.4) is 0 Å². The van der Waals surface area contributed by atoms with Gasteiger partial charge in [-0.2, -0.15) is 9.90 Å². The Hall–Kier alpha value is 0.250. The summed E-state index contributed by atoms with van der Waals surface area (Å²) < 4.78 is 18.2. The van der Waals surface area contributed by atoms with Crippen molar-refractivity contribution in [2.24, 2.45) is 0 Å². The number of hydrogen-bond acceptors (Lipinski definition) is 1. The van der Waals surface area contributed by atoms with Crippen LogP contribution in [0.2, 0.25) is 0 Å². The summed E-state index contributed by atoms with van der Waals surface area (Å²) in [5.74, 6) is 0. The highest BCUT2D eigenvalue weighted by Crippen LogP contribution is 1.61. The first-order valence-electron chi connectivity index (χ1n) is 0.309. The monoisotopic (exact) mass is 88.0 g/mol. The van der Waals surface area contributed by atoms with E-state index in [1.54, 1.807) is 0 Å². The van der Waals surface area contributed by atoms with Crippen molar-refractivity contribution in [2.75, 3.05) is 0 Å². The number of rotatable bonds is 0. The van der Waals surface area contributed by atoms with Crippen molar-refractivity contribution in [2.45, 2.75) is 0 Å². The van der Waals surface area contributed by atoms with Crippen LogP contribution in [0.5, 0.6) is 0 Å². The molecule has 0 saturated carbocycles. The van der Waals surface area contributed by atoms with E-state index in [0.717, 1.165) is 0 Å². The van der Waals surface area contributed by atoms with E-state index in [4.69, 9.17) is 9.05 Å². The Bertz CT molecular complexity index is 6.00. The fraction of sp³-hybridized carbons (Fsp3) is 0. The Morgan fingerprint density at radius 3 is 1.25 bits per heavy atom. The van der Waals surface area contributed by atoms with Crippen LogP contribution in [-0.2, 0) is 5.15 Å². The summed E-state index contributed by atoms with van der Waals surface area (Å²) in [6.07, 6.45) is 0. The first-order valence-corrected chi connectivity index (χ1v) is 0.309. The molecule has 1 unspecified atom stereocenters. The zero-order valence-corrected chi connectivity index (χ0v) is 3.29. The fourth-order valence-electron chi connectivity index (χ4n) is 0. The summed E-state index contributed by atoms with van der Waals surface area (Å²) in [5.41, 5.74) is 0. The number of hydrogen-bond donors (Lipinski definition) is 0. The molecule has 0 N–H and O–H groups in total. The highest BCUT2D eigenvalue weighted by atomic mass is 31.0. The molecule has 0 saturated heterocycles. The summed E-state index contributed by atoms with van der Waals surface area (Å²) in [5, 5.41) is 1.25. The largest absolute Gasteiger partial charge is 0.153 e. The SMILES string of the molecule is FOF.P. The second-order valence-electron chi connectivity index (χ2n) is 0.0583. The molecule has 0 aromatic heterocycles. The van der Waals surface area contributed by atoms with Crippen molar-refractivity contribution < 1.29 is 14.2 Å². The topological polar surface area (TPSA) is 9.23 Å². The third-order valence-corrected chi connectivity index (χ3v) is 0. The molecule has 4 heteroatoms. The van der Waals surface area contributed by atoms with E-state index in [2.05, 4.69) is 0 Å². The van der Waals surface area contributed by atoms with Gasteiger partial charge in [0.2, 0.25) is 0 Å². The van der Waals surface area contributed by atoms with Gasteiger partial charge < -0.3 is 0 Å². The average Bonchev–Trinajstić information content (AvgIpc) is 0.918. The van der Waals surface area contributed by atoms with E-state index in [1.807, 2.05) is 0 Å². The molecule has 0 radical (unpaired) electrons. The van der Waals surface area contributed by atoms with Crippen molar-refractivity contribution in [3.8, 4) is 0 Å². The van der Waals surface area contributed by atoms with Crippen molar-refractivity contribution >= 4 is 9.90 Å². The van der Waals surface area contributed by atoms with Gasteiger partial charge in [0.15, 0.2) is 0 Å². The van der Waals surface area contributed by atoms with Crippen LogP contribution < -0.4 is 0 Å². The molecule has 0 fully saturated rings. The normalized spacial score (nSPS) is 4.50. The highest BCUT2D eigenvalue weighted by Gasteiger charge is 1.42. The van der Waals surface area contributed by atoms with Gasteiger partial charge in [0.1, 0.15) is 0 Å². The molecule has 0 bridgehead atoms. The number of halogens is 2. The van der Waals surface area contributed by atoms with Gasteiger partial charge in [-0.3, -0.25) is 0 Å². The summed E-state index contributed by atoms with van der Waals surface area (Å²) in [6, 6.07) is 0. The van der Waals surface area contributed by atoms with E-state index >= 15 is 0 Å². The maximum atomic E-state index is 9.12. The van der Waals surface area contributed by atoms with E-state index in [9.17, 15) is 0 Å². The van der Waals surface area contributed by atoms with Crippen LogP contribution in [0.1, 0.15) is 0 Å². The lowest BCUT2D eigenvalue weighted by Gasteiger charge is -1.41. The molecule has 0 aliphatic carbocycles. The van der Waals surface area contributed by atoms with E-state index < -0.39 is 0 Å². The average molecular weight is 88.0 g/mol. The van der Waals surface area contributed by atoms with Gasteiger partial charge in [0.25, 0.3) is 0 Å². The van der Waals surface area contributed by atoms with Crippen LogP contribution >= 0.6 is 9.90 Å². The minimum atomic E-state index is 0. The van der Waals surface area contributed by atoms with E-state index in [1.165, 1.54) is 5.15 Å². The lowest BCUT2D eigenvalue weighted by molar-refractivity contribution is -0.317. The van der Waals surface area contributed by atoms with Crippen molar-refractivity contribution in [3.05, 3.63) is 0 Å². The molecule has 0 heterocycles. The lowest BCUT2D eigenvalue weighted by Crippen LogP contribution is -1.26. The lowest BCUT2D eigenvalue weighted by atomic mass is 15.4. The zero-order valence-electron chi connectivity index (χ0n) is 1.87. The highest BCUT2D eigenvalue weighted by molar-refractivity contribution is 6.92. The Morgan fingerprint density at radius 2 is 1.25 bits per heavy atom. The summed E-state index contributed by atoms with van der Waals surface area (Å²) in [7, 11) is 0. The smallest absolute Gasteiger partial charge is 0.0209 e. The molecular weight excluding hydrogens is 85.0 g/mol. The maximum absolute atomic E-state index is 9.12. The first-order chi connectivity index (χ1) is 1.41. The summed E-state index contributed by atoms with van der Waals surface area (Å²) in [4.78, 5) is 0. The molecule has 1 nitrogen and oxygen atoms in total. The Kier molecular flexibility index (Phi) is 23.3. The van der Waals surface area contributed by atoms with E-state index in [0.29, 0.717) is 0 Å². The maximum Gasteiger partial charge on any atom is 0.0209 e.